The molecule has 0 radical (unpaired) electrons. The predicted octanol–water partition coefficient (Wildman–Crippen LogP) is 5.48. The van der Waals surface area contributed by atoms with Crippen molar-refractivity contribution in [2.24, 2.45) is 20.5 Å². The van der Waals surface area contributed by atoms with Gasteiger partial charge in [0.25, 0.3) is 10.1 Å². The van der Waals surface area contributed by atoms with Crippen LogP contribution in [0.1, 0.15) is 0 Å². The lowest BCUT2D eigenvalue weighted by Crippen LogP contribution is -1.96. The van der Waals surface area contributed by atoms with Gasteiger partial charge in [0.1, 0.15) is 17.2 Å². The largest absolute Gasteiger partial charge is 0.508 e. The van der Waals surface area contributed by atoms with E-state index in [-0.39, 0.29) is 10.6 Å². The summed E-state index contributed by atoms with van der Waals surface area (Å²) in [6.45, 7) is 0. The average molecular weight is 412 g/mol. The van der Waals surface area contributed by atoms with Gasteiger partial charge in [-0.1, -0.05) is 0 Å². The summed E-state index contributed by atoms with van der Waals surface area (Å²) in [6, 6.07) is 16.5. The number of hydrogen-bond donors (Lipinski definition) is 2. The number of rotatable bonds is 6. The number of methoxy groups -OCH3 is 1. The van der Waals surface area contributed by atoms with Crippen molar-refractivity contribution in [2.45, 2.75) is 4.90 Å². The maximum atomic E-state index is 11.0. The van der Waals surface area contributed by atoms with E-state index in [0.717, 1.165) is 0 Å². The smallest absolute Gasteiger partial charge is 0.294 e. The van der Waals surface area contributed by atoms with Gasteiger partial charge in [0.05, 0.1) is 29.1 Å². The van der Waals surface area contributed by atoms with Crippen molar-refractivity contribution < 1.29 is 22.8 Å². The lowest BCUT2D eigenvalue weighted by Gasteiger charge is -2.04. The molecule has 0 fully saturated rings. The zero-order valence-electron chi connectivity index (χ0n) is 15.2. The molecular weight excluding hydrogens is 396 g/mol. The Kier molecular flexibility index (Phi) is 5.96. The van der Waals surface area contributed by atoms with Gasteiger partial charge >= 0.3 is 0 Å². The second-order valence-electron chi connectivity index (χ2n) is 5.74. The number of ether oxygens (including phenoxy) is 1. The first-order valence-electron chi connectivity index (χ1n) is 8.23. The van der Waals surface area contributed by atoms with Crippen molar-refractivity contribution in [3.05, 3.63) is 66.7 Å². The minimum Gasteiger partial charge on any atom is -0.508 e. The minimum absolute atomic E-state index is 0.142. The Balaban J connectivity index is 1.77. The van der Waals surface area contributed by atoms with E-state index in [0.29, 0.717) is 28.5 Å². The van der Waals surface area contributed by atoms with Gasteiger partial charge in [0.15, 0.2) is 0 Å². The Morgan fingerprint density at radius 1 is 0.759 bits per heavy atom. The molecule has 2 N–H and O–H groups in total. The Morgan fingerprint density at radius 3 is 1.86 bits per heavy atom. The molecule has 10 heteroatoms. The third-order valence-corrected chi connectivity index (χ3v) is 4.57. The van der Waals surface area contributed by atoms with Gasteiger partial charge in [-0.3, -0.25) is 4.55 Å². The molecule has 0 saturated carbocycles. The van der Waals surface area contributed by atoms with E-state index in [2.05, 4.69) is 20.5 Å². The Hall–Kier alpha value is -3.63. The molecular formula is C19H16N4O5S. The summed E-state index contributed by atoms with van der Waals surface area (Å²) >= 11 is 0. The molecule has 29 heavy (non-hydrogen) atoms. The third-order valence-electron chi connectivity index (χ3n) is 3.70. The topological polar surface area (TPSA) is 133 Å². The van der Waals surface area contributed by atoms with Gasteiger partial charge in [-0.25, -0.2) is 0 Å². The van der Waals surface area contributed by atoms with Crippen LogP contribution >= 0.6 is 0 Å². The molecule has 0 heterocycles. The molecule has 3 rings (SSSR count). The Labute approximate surface area is 166 Å². The monoisotopic (exact) mass is 412 g/mol. The molecule has 0 spiro atoms. The average Bonchev–Trinajstić information content (AvgIpc) is 2.71. The molecule has 0 amide bonds. The normalized spacial score (nSPS) is 11.9. The number of phenolic OH excluding ortho intramolecular Hbond substituents is 1. The molecule has 0 atom stereocenters. The maximum absolute atomic E-state index is 11.0. The Bertz CT molecular complexity index is 1160. The number of nitrogens with zero attached hydrogens (tertiary/aromatic N) is 4. The fourth-order valence-electron chi connectivity index (χ4n) is 2.24. The van der Waals surface area contributed by atoms with Gasteiger partial charge in [-0.15, -0.1) is 5.11 Å². The number of phenols is 1. The van der Waals surface area contributed by atoms with Crippen molar-refractivity contribution in [2.75, 3.05) is 7.11 Å². The van der Waals surface area contributed by atoms with Crippen LogP contribution in [0.15, 0.2) is 92.1 Å². The van der Waals surface area contributed by atoms with Crippen LogP contribution < -0.4 is 4.74 Å². The highest BCUT2D eigenvalue weighted by molar-refractivity contribution is 7.85. The SMILES string of the molecule is COc1cc(N=Nc2ccc(S(=O)(=O)O)cc2)ccc1N=Nc1ccc(O)cc1. The molecule has 0 aliphatic heterocycles. The first kappa shape index (κ1) is 20.1. The third kappa shape index (κ3) is 5.43. The minimum atomic E-state index is -4.25. The zero-order valence-corrected chi connectivity index (χ0v) is 16.0. The molecule has 148 valence electrons. The molecule has 0 aliphatic rings. The summed E-state index contributed by atoms with van der Waals surface area (Å²) < 4.78 is 36.4. The second kappa shape index (κ2) is 8.59. The molecule has 0 aromatic heterocycles. The molecule has 0 bridgehead atoms. The van der Waals surface area contributed by atoms with Gasteiger partial charge in [0.2, 0.25) is 0 Å². The van der Waals surface area contributed by atoms with Crippen molar-refractivity contribution >= 4 is 32.9 Å². The van der Waals surface area contributed by atoms with Gasteiger partial charge in [0, 0.05) is 6.07 Å². The number of benzene rings is 3. The van der Waals surface area contributed by atoms with Crippen molar-refractivity contribution in [3.63, 3.8) is 0 Å². The first-order valence-corrected chi connectivity index (χ1v) is 9.67. The van der Waals surface area contributed by atoms with Gasteiger partial charge in [-0.05, 0) is 60.7 Å². The van der Waals surface area contributed by atoms with E-state index in [4.69, 9.17) is 9.29 Å². The van der Waals surface area contributed by atoms with Crippen LogP contribution in [0.25, 0.3) is 0 Å². The van der Waals surface area contributed by atoms with Crippen LogP contribution in [0.2, 0.25) is 0 Å². The molecule has 0 saturated heterocycles. The first-order chi connectivity index (χ1) is 13.8. The molecule has 3 aromatic carbocycles. The summed E-state index contributed by atoms with van der Waals surface area (Å²) in [7, 11) is -2.76. The molecule has 9 nitrogen and oxygen atoms in total. The maximum Gasteiger partial charge on any atom is 0.294 e. The predicted molar refractivity (Wildman–Crippen MR) is 106 cm³/mol. The summed E-state index contributed by atoms with van der Waals surface area (Å²) in [5.41, 5.74) is 1.95. The summed E-state index contributed by atoms with van der Waals surface area (Å²) in [4.78, 5) is -0.221. The highest BCUT2D eigenvalue weighted by Crippen LogP contribution is 2.33. The highest BCUT2D eigenvalue weighted by atomic mass is 32.2. The fourth-order valence-corrected chi connectivity index (χ4v) is 2.72. The van der Waals surface area contributed by atoms with Crippen molar-refractivity contribution in [1.82, 2.24) is 0 Å². The van der Waals surface area contributed by atoms with Crippen LogP contribution in [-0.2, 0) is 10.1 Å². The zero-order chi connectivity index (χ0) is 20.9. The lowest BCUT2D eigenvalue weighted by atomic mass is 10.2. The fraction of sp³-hybridized carbons (Fsp3) is 0.0526. The van der Waals surface area contributed by atoms with Crippen LogP contribution in [0.5, 0.6) is 11.5 Å². The summed E-state index contributed by atoms with van der Waals surface area (Å²) in [6.07, 6.45) is 0. The van der Waals surface area contributed by atoms with Gasteiger partial charge in [-0.2, -0.15) is 23.8 Å². The molecule has 0 aliphatic carbocycles. The second-order valence-corrected chi connectivity index (χ2v) is 7.16. The van der Waals surface area contributed by atoms with E-state index in [1.54, 1.807) is 30.3 Å². The van der Waals surface area contributed by atoms with Crippen LogP contribution in [0.4, 0.5) is 22.7 Å². The van der Waals surface area contributed by atoms with Crippen LogP contribution in [-0.4, -0.2) is 25.2 Å². The highest BCUT2D eigenvalue weighted by Gasteiger charge is 2.08. The standard InChI is InChI=1S/C19H16N4O5S/c1-28-19-12-15(22-20-14-4-9-17(10-5-14)29(25,26)27)6-11-18(19)23-21-13-2-7-16(24)8-3-13/h2-12,24H,1H3,(H,25,26,27). The van der Waals surface area contributed by atoms with Crippen molar-refractivity contribution in [1.29, 1.82) is 0 Å². The Morgan fingerprint density at radius 2 is 1.28 bits per heavy atom. The molecule has 0 unspecified atom stereocenters. The number of aromatic hydroxyl groups is 1. The molecule has 3 aromatic rings. The summed E-state index contributed by atoms with van der Waals surface area (Å²) in [5.74, 6) is 0.578. The van der Waals surface area contributed by atoms with E-state index < -0.39 is 10.1 Å². The van der Waals surface area contributed by atoms with E-state index >= 15 is 0 Å². The van der Waals surface area contributed by atoms with Crippen LogP contribution in [0, 0.1) is 0 Å². The van der Waals surface area contributed by atoms with E-state index in [9.17, 15) is 13.5 Å². The summed E-state index contributed by atoms with van der Waals surface area (Å²) in [5, 5.41) is 25.6. The van der Waals surface area contributed by atoms with E-state index in [1.807, 2.05) is 0 Å². The number of azo groups is 2. The van der Waals surface area contributed by atoms with Crippen LogP contribution in [0.3, 0.4) is 0 Å². The quantitative estimate of drug-likeness (QED) is 0.408. The number of hydrogen-bond acceptors (Lipinski definition) is 8. The lowest BCUT2D eigenvalue weighted by molar-refractivity contribution is 0.416. The van der Waals surface area contributed by atoms with Crippen molar-refractivity contribution in [3.8, 4) is 11.5 Å². The van der Waals surface area contributed by atoms with E-state index in [1.165, 1.54) is 43.5 Å². The van der Waals surface area contributed by atoms with Gasteiger partial charge < -0.3 is 9.84 Å².